The predicted molar refractivity (Wildman–Crippen MR) is 136 cm³/mol. The first-order valence-electron chi connectivity index (χ1n) is 11.5. The molecule has 0 aliphatic carbocycles. The van der Waals surface area contributed by atoms with E-state index in [4.69, 9.17) is 0 Å². The number of urea groups is 1. The van der Waals surface area contributed by atoms with Gasteiger partial charge >= 0.3 is 6.03 Å². The van der Waals surface area contributed by atoms with E-state index in [0.29, 0.717) is 19.6 Å². The molecule has 0 spiro atoms. The smallest absolute Gasteiger partial charge is 0.317 e. The van der Waals surface area contributed by atoms with Crippen molar-refractivity contribution >= 4 is 45.0 Å². The number of nitrogens with one attached hydrogen (secondary N) is 4. The minimum Gasteiger partial charge on any atom is -0.340 e. The van der Waals surface area contributed by atoms with Gasteiger partial charge in [-0.1, -0.05) is 36.4 Å². The van der Waals surface area contributed by atoms with Gasteiger partial charge in [0.25, 0.3) is 0 Å². The molecule has 5 aromatic rings. The number of aromatic nitrogens is 5. The van der Waals surface area contributed by atoms with Crippen molar-refractivity contribution in [3.63, 3.8) is 0 Å². The van der Waals surface area contributed by atoms with Gasteiger partial charge in [0.2, 0.25) is 0 Å². The zero-order valence-electron chi connectivity index (χ0n) is 19.0. The van der Waals surface area contributed by atoms with Crippen molar-refractivity contribution in [2.24, 2.45) is 0 Å². The zero-order chi connectivity index (χ0) is 23.6. The van der Waals surface area contributed by atoms with E-state index in [1.165, 1.54) is 5.57 Å². The Labute approximate surface area is 201 Å². The average Bonchev–Trinajstić information content (AvgIpc) is 3.55. The quantitative estimate of drug-likeness (QED) is 0.304. The summed E-state index contributed by atoms with van der Waals surface area (Å²) in [5.74, 6) is 0.735. The highest BCUT2D eigenvalue weighted by Crippen LogP contribution is 2.29. The molecule has 35 heavy (non-hydrogen) atoms. The maximum absolute atomic E-state index is 12.6. The first-order chi connectivity index (χ1) is 17.2. The summed E-state index contributed by atoms with van der Waals surface area (Å²) in [5.41, 5.74) is 5.93. The minimum atomic E-state index is -0.0484. The second-order valence-electron chi connectivity index (χ2n) is 8.53. The van der Waals surface area contributed by atoms with E-state index in [1.54, 1.807) is 12.5 Å². The molecule has 3 aromatic heterocycles. The molecule has 0 fully saturated rings. The molecule has 0 saturated carbocycles. The number of carbonyl (C=O) groups is 1. The van der Waals surface area contributed by atoms with E-state index in [9.17, 15) is 4.79 Å². The van der Waals surface area contributed by atoms with Gasteiger partial charge in [-0.05, 0) is 41.8 Å². The Balaban J connectivity index is 1.16. The third kappa shape index (κ3) is 4.31. The van der Waals surface area contributed by atoms with Crippen LogP contribution in [-0.2, 0) is 6.54 Å². The summed E-state index contributed by atoms with van der Waals surface area (Å²) in [5, 5.41) is 15.4. The summed E-state index contributed by atoms with van der Waals surface area (Å²) in [6, 6.07) is 18.0. The number of hydrogen-bond acceptors (Lipinski definition) is 5. The lowest BCUT2D eigenvalue weighted by Crippen LogP contribution is -2.41. The molecular weight excluding hydrogens is 440 g/mol. The molecule has 0 saturated heterocycles. The SMILES string of the molecule is O=C(NCc1ccccc1)N1CC=C(c2cc3c(Nc4ccc5[nH]ncc5c4)ncnc3[nH]2)CC1. The van der Waals surface area contributed by atoms with Crippen molar-refractivity contribution in [2.75, 3.05) is 18.4 Å². The molecule has 9 nitrogen and oxygen atoms in total. The number of anilines is 2. The summed E-state index contributed by atoms with van der Waals surface area (Å²) >= 11 is 0. The topological polar surface area (TPSA) is 115 Å². The molecule has 0 atom stereocenters. The second kappa shape index (κ2) is 8.94. The molecule has 6 rings (SSSR count). The molecule has 174 valence electrons. The van der Waals surface area contributed by atoms with Gasteiger partial charge in [0.1, 0.15) is 17.8 Å². The predicted octanol–water partition coefficient (Wildman–Crippen LogP) is 4.58. The number of benzene rings is 2. The van der Waals surface area contributed by atoms with Crippen LogP contribution in [0.15, 0.2) is 73.2 Å². The first kappa shape index (κ1) is 20.9. The Morgan fingerprint density at radius 2 is 2.00 bits per heavy atom. The highest BCUT2D eigenvalue weighted by Gasteiger charge is 2.19. The summed E-state index contributed by atoms with van der Waals surface area (Å²) < 4.78 is 0. The van der Waals surface area contributed by atoms with Gasteiger partial charge < -0.3 is 20.5 Å². The fraction of sp³-hybridized carbons (Fsp3) is 0.154. The molecule has 1 aliphatic rings. The maximum atomic E-state index is 12.6. The number of H-pyrrole nitrogens is 2. The van der Waals surface area contributed by atoms with E-state index >= 15 is 0 Å². The molecule has 0 unspecified atom stereocenters. The molecule has 2 aromatic carbocycles. The molecule has 9 heteroatoms. The number of rotatable bonds is 5. The van der Waals surface area contributed by atoms with Gasteiger partial charge in [-0.25, -0.2) is 14.8 Å². The summed E-state index contributed by atoms with van der Waals surface area (Å²) in [7, 11) is 0. The Bertz CT molecular complexity index is 1540. The largest absolute Gasteiger partial charge is 0.340 e. The van der Waals surface area contributed by atoms with Crippen molar-refractivity contribution in [3.05, 3.63) is 84.5 Å². The lowest BCUT2D eigenvalue weighted by molar-refractivity contribution is 0.202. The number of amides is 2. The average molecular weight is 465 g/mol. The summed E-state index contributed by atoms with van der Waals surface area (Å²) in [4.78, 5) is 26.7. The highest BCUT2D eigenvalue weighted by molar-refractivity contribution is 5.93. The van der Waals surface area contributed by atoms with Crippen molar-refractivity contribution in [2.45, 2.75) is 13.0 Å². The molecule has 1 aliphatic heterocycles. The van der Waals surface area contributed by atoms with Crippen LogP contribution in [0, 0.1) is 0 Å². The van der Waals surface area contributed by atoms with E-state index in [1.807, 2.05) is 53.4 Å². The molecule has 0 radical (unpaired) electrons. The van der Waals surface area contributed by atoms with Crippen LogP contribution in [0.4, 0.5) is 16.3 Å². The van der Waals surface area contributed by atoms with Crippen molar-refractivity contribution < 1.29 is 4.79 Å². The monoisotopic (exact) mass is 464 g/mol. The van der Waals surface area contributed by atoms with Gasteiger partial charge in [0, 0.05) is 36.4 Å². The van der Waals surface area contributed by atoms with Crippen LogP contribution in [0.2, 0.25) is 0 Å². The number of carbonyl (C=O) groups excluding carboxylic acids is 1. The van der Waals surface area contributed by atoms with Crippen LogP contribution in [0.25, 0.3) is 27.5 Å². The van der Waals surface area contributed by atoms with Crippen LogP contribution >= 0.6 is 0 Å². The fourth-order valence-corrected chi connectivity index (χ4v) is 4.35. The molecule has 4 N–H and O–H groups in total. The van der Waals surface area contributed by atoms with Gasteiger partial charge in [0.15, 0.2) is 0 Å². The lowest BCUT2D eigenvalue weighted by atomic mass is 10.1. The van der Waals surface area contributed by atoms with Crippen LogP contribution in [0.1, 0.15) is 17.7 Å². The molecular formula is C26H24N8O. The number of fused-ring (bicyclic) bond motifs is 2. The Kier molecular flexibility index (Phi) is 5.34. The summed E-state index contributed by atoms with van der Waals surface area (Å²) in [6.07, 6.45) is 6.21. The standard InChI is InChI=1S/C26H24N8O/c35-26(27-14-17-4-2-1-3-5-17)34-10-8-18(9-11-34)23-13-21-24(28-16-29-25(21)32-23)31-20-6-7-22-19(12-20)15-30-33-22/h1-8,12-13,15-16H,9-11,14H2,(H,27,35)(H,30,33)(H2,28,29,31,32). The van der Waals surface area contributed by atoms with Gasteiger partial charge in [0.05, 0.1) is 17.1 Å². The van der Waals surface area contributed by atoms with Crippen molar-refractivity contribution in [1.82, 2.24) is 35.4 Å². The van der Waals surface area contributed by atoms with E-state index in [2.05, 4.69) is 47.9 Å². The summed E-state index contributed by atoms with van der Waals surface area (Å²) in [6.45, 7) is 1.74. The molecule has 2 amide bonds. The van der Waals surface area contributed by atoms with Crippen LogP contribution < -0.4 is 10.6 Å². The number of nitrogens with zero attached hydrogens (tertiary/aromatic N) is 4. The van der Waals surface area contributed by atoms with E-state index < -0.39 is 0 Å². The highest BCUT2D eigenvalue weighted by atomic mass is 16.2. The molecule has 0 bridgehead atoms. The van der Waals surface area contributed by atoms with Crippen LogP contribution in [0.3, 0.4) is 0 Å². The normalized spacial score (nSPS) is 13.7. The zero-order valence-corrected chi connectivity index (χ0v) is 19.0. The van der Waals surface area contributed by atoms with Gasteiger partial charge in [-0.3, -0.25) is 5.10 Å². The van der Waals surface area contributed by atoms with E-state index in [-0.39, 0.29) is 6.03 Å². The number of hydrogen-bond donors (Lipinski definition) is 4. The second-order valence-corrected chi connectivity index (χ2v) is 8.53. The first-order valence-corrected chi connectivity index (χ1v) is 11.5. The third-order valence-corrected chi connectivity index (χ3v) is 6.26. The number of aromatic amines is 2. The molecule has 4 heterocycles. The Morgan fingerprint density at radius 3 is 2.86 bits per heavy atom. The minimum absolute atomic E-state index is 0.0484. The van der Waals surface area contributed by atoms with Crippen LogP contribution in [0.5, 0.6) is 0 Å². The fourth-order valence-electron chi connectivity index (χ4n) is 4.35. The van der Waals surface area contributed by atoms with Gasteiger partial charge in [-0.15, -0.1) is 0 Å². The third-order valence-electron chi connectivity index (χ3n) is 6.26. The van der Waals surface area contributed by atoms with E-state index in [0.717, 1.165) is 51.1 Å². The van der Waals surface area contributed by atoms with Gasteiger partial charge in [-0.2, -0.15) is 5.10 Å². The van der Waals surface area contributed by atoms with Crippen molar-refractivity contribution in [3.8, 4) is 0 Å². The maximum Gasteiger partial charge on any atom is 0.317 e. The van der Waals surface area contributed by atoms with Crippen molar-refractivity contribution in [1.29, 1.82) is 0 Å². The Morgan fingerprint density at radius 1 is 1.09 bits per heavy atom. The Hall–Kier alpha value is -4.66. The lowest BCUT2D eigenvalue weighted by Gasteiger charge is -2.26. The van der Waals surface area contributed by atoms with Crippen LogP contribution in [-0.4, -0.2) is 49.2 Å².